The second-order valence-electron chi connectivity index (χ2n) is 10.8. The summed E-state index contributed by atoms with van der Waals surface area (Å²) in [6, 6.07) is 15.3. The molecule has 0 aliphatic carbocycles. The van der Waals surface area contributed by atoms with E-state index in [1.165, 1.54) is 19.3 Å². The van der Waals surface area contributed by atoms with Crippen molar-refractivity contribution in [3.63, 3.8) is 0 Å². The van der Waals surface area contributed by atoms with E-state index in [9.17, 15) is 9.59 Å². The Balaban J connectivity index is 1.15. The van der Waals surface area contributed by atoms with Crippen LogP contribution in [0.3, 0.4) is 0 Å². The number of urea groups is 1. The quantitative estimate of drug-likeness (QED) is 0.375. The Morgan fingerprint density at radius 3 is 2.35 bits per heavy atom. The normalized spacial score (nSPS) is 17.1. The standard InChI is InChI=1S/C31H45N5O4/c1-35(28-14-19-39-20-15-28)18-21-40-29-9-7-8-25(22-29)23-32-31(38)34-27-12-10-26(11-13-27)33-30(37)24-36-16-5-3-2-4-6-17-36/h7-13,22,28H,2-6,14-21,23-24H2,1H3,(H,33,37)(H2,32,34,38). The van der Waals surface area contributed by atoms with Gasteiger partial charge in [-0.2, -0.15) is 0 Å². The molecule has 2 aromatic rings. The summed E-state index contributed by atoms with van der Waals surface area (Å²) in [5, 5.41) is 8.71. The largest absolute Gasteiger partial charge is 0.492 e. The number of nitrogens with zero attached hydrogens (tertiary/aromatic N) is 2. The molecule has 2 aliphatic rings. The van der Waals surface area contributed by atoms with Crippen LogP contribution >= 0.6 is 0 Å². The van der Waals surface area contributed by atoms with Gasteiger partial charge in [-0.1, -0.05) is 31.4 Å². The molecule has 4 rings (SSSR count). The first-order valence-corrected chi connectivity index (χ1v) is 14.7. The molecule has 2 aliphatic heterocycles. The molecule has 2 heterocycles. The third kappa shape index (κ3) is 10.4. The van der Waals surface area contributed by atoms with E-state index in [1.54, 1.807) is 24.3 Å². The van der Waals surface area contributed by atoms with Gasteiger partial charge in [0.2, 0.25) is 5.91 Å². The van der Waals surface area contributed by atoms with Crippen LogP contribution in [-0.4, -0.2) is 80.8 Å². The fraction of sp³-hybridized carbons (Fsp3) is 0.548. The van der Waals surface area contributed by atoms with Gasteiger partial charge in [0.25, 0.3) is 0 Å². The molecular weight excluding hydrogens is 506 g/mol. The van der Waals surface area contributed by atoms with Gasteiger partial charge in [0.1, 0.15) is 12.4 Å². The van der Waals surface area contributed by atoms with Crippen molar-refractivity contribution in [1.82, 2.24) is 15.1 Å². The Labute approximate surface area is 238 Å². The average Bonchev–Trinajstić information content (AvgIpc) is 2.95. The highest BCUT2D eigenvalue weighted by Gasteiger charge is 2.18. The van der Waals surface area contributed by atoms with Crippen molar-refractivity contribution in [2.24, 2.45) is 0 Å². The third-order valence-electron chi connectivity index (χ3n) is 7.62. The van der Waals surface area contributed by atoms with Gasteiger partial charge in [0.15, 0.2) is 0 Å². The van der Waals surface area contributed by atoms with E-state index in [0.717, 1.165) is 75.5 Å². The highest BCUT2D eigenvalue weighted by Crippen LogP contribution is 2.17. The topological polar surface area (TPSA) is 95.2 Å². The number of nitrogens with one attached hydrogen (secondary N) is 3. The summed E-state index contributed by atoms with van der Waals surface area (Å²) >= 11 is 0. The highest BCUT2D eigenvalue weighted by atomic mass is 16.5. The van der Waals surface area contributed by atoms with Crippen molar-refractivity contribution in [2.45, 2.75) is 57.5 Å². The van der Waals surface area contributed by atoms with E-state index in [-0.39, 0.29) is 11.9 Å². The zero-order valence-electron chi connectivity index (χ0n) is 23.8. The Morgan fingerprint density at radius 2 is 1.62 bits per heavy atom. The summed E-state index contributed by atoms with van der Waals surface area (Å²) in [7, 11) is 2.14. The molecule has 0 unspecified atom stereocenters. The number of rotatable bonds is 11. The molecule has 9 nitrogen and oxygen atoms in total. The van der Waals surface area contributed by atoms with Crippen LogP contribution < -0.4 is 20.7 Å². The predicted molar refractivity (Wildman–Crippen MR) is 159 cm³/mol. The maximum atomic E-state index is 12.5. The lowest BCUT2D eigenvalue weighted by Gasteiger charge is -2.31. The lowest BCUT2D eigenvalue weighted by molar-refractivity contribution is -0.117. The SMILES string of the molecule is CN(CCOc1cccc(CNC(=O)Nc2ccc(NC(=O)CN3CCCCCCC3)cc2)c1)C1CCOCC1. The Kier molecular flexibility index (Phi) is 12.1. The van der Waals surface area contributed by atoms with Gasteiger partial charge in [0.05, 0.1) is 6.54 Å². The van der Waals surface area contributed by atoms with E-state index in [4.69, 9.17) is 9.47 Å². The van der Waals surface area contributed by atoms with Crippen LogP contribution in [0.2, 0.25) is 0 Å². The van der Waals surface area contributed by atoms with Crippen molar-refractivity contribution in [3.8, 4) is 5.75 Å². The van der Waals surface area contributed by atoms with Crippen LogP contribution in [0.15, 0.2) is 48.5 Å². The molecule has 0 spiro atoms. The number of likely N-dealkylation sites (tertiary alicyclic amines) is 1. The lowest BCUT2D eigenvalue weighted by Crippen LogP contribution is -2.38. The summed E-state index contributed by atoms with van der Waals surface area (Å²) < 4.78 is 11.4. The van der Waals surface area contributed by atoms with E-state index < -0.39 is 0 Å². The minimum Gasteiger partial charge on any atom is -0.492 e. The number of carbonyl (C=O) groups excluding carboxylic acids is 2. The number of ether oxygens (including phenoxy) is 2. The summed E-state index contributed by atoms with van der Waals surface area (Å²) in [4.78, 5) is 29.5. The van der Waals surface area contributed by atoms with Gasteiger partial charge in [-0.05, 0) is 87.8 Å². The minimum atomic E-state index is -0.293. The third-order valence-corrected chi connectivity index (χ3v) is 7.62. The van der Waals surface area contributed by atoms with Crippen LogP contribution in [0.4, 0.5) is 16.2 Å². The summed E-state index contributed by atoms with van der Waals surface area (Å²) in [6.07, 6.45) is 8.25. The maximum Gasteiger partial charge on any atom is 0.319 e. The number of hydrogen-bond acceptors (Lipinski definition) is 6. The second kappa shape index (κ2) is 16.2. The first-order chi connectivity index (χ1) is 19.5. The van der Waals surface area contributed by atoms with Crippen LogP contribution in [0.1, 0.15) is 50.5 Å². The molecule has 2 aromatic carbocycles. The Hall–Kier alpha value is -3.14. The molecule has 218 valence electrons. The smallest absolute Gasteiger partial charge is 0.319 e. The van der Waals surface area contributed by atoms with E-state index in [0.29, 0.717) is 31.4 Å². The van der Waals surface area contributed by atoms with E-state index in [1.807, 2.05) is 24.3 Å². The van der Waals surface area contributed by atoms with Crippen LogP contribution in [0.5, 0.6) is 5.75 Å². The summed E-state index contributed by atoms with van der Waals surface area (Å²) in [5.74, 6) is 0.792. The summed E-state index contributed by atoms with van der Waals surface area (Å²) in [5.41, 5.74) is 2.34. The van der Waals surface area contributed by atoms with Gasteiger partial charge in [-0.25, -0.2) is 4.79 Å². The van der Waals surface area contributed by atoms with E-state index in [2.05, 4.69) is 32.8 Å². The molecule has 0 radical (unpaired) electrons. The number of likely N-dealkylation sites (N-methyl/N-ethyl adjacent to an activating group) is 1. The lowest BCUT2D eigenvalue weighted by atomic mass is 10.1. The molecule has 9 heteroatoms. The zero-order chi connectivity index (χ0) is 28.0. The van der Waals surface area contributed by atoms with Crippen LogP contribution in [0.25, 0.3) is 0 Å². The number of hydrogen-bond donors (Lipinski definition) is 3. The molecule has 2 fully saturated rings. The second-order valence-corrected chi connectivity index (χ2v) is 10.8. The van der Waals surface area contributed by atoms with Gasteiger partial charge in [0, 0.05) is 43.7 Å². The minimum absolute atomic E-state index is 0.00317. The molecule has 2 saturated heterocycles. The monoisotopic (exact) mass is 551 g/mol. The van der Waals surface area contributed by atoms with Gasteiger partial charge < -0.3 is 25.4 Å². The molecule has 3 amide bonds. The first-order valence-electron chi connectivity index (χ1n) is 14.7. The Morgan fingerprint density at radius 1 is 0.950 bits per heavy atom. The van der Waals surface area contributed by atoms with Crippen LogP contribution in [-0.2, 0) is 16.1 Å². The molecule has 40 heavy (non-hydrogen) atoms. The van der Waals surface area contributed by atoms with Crippen molar-refractivity contribution in [1.29, 1.82) is 0 Å². The zero-order valence-corrected chi connectivity index (χ0v) is 23.8. The van der Waals surface area contributed by atoms with E-state index >= 15 is 0 Å². The van der Waals surface area contributed by atoms with Gasteiger partial charge in [-0.3, -0.25) is 14.6 Å². The van der Waals surface area contributed by atoms with Crippen molar-refractivity contribution in [3.05, 3.63) is 54.1 Å². The molecule has 0 saturated carbocycles. The highest BCUT2D eigenvalue weighted by molar-refractivity contribution is 5.93. The van der Waals surface area contributed by atoms with Crippen molar-refractivity contribution >= 4 is 23.3 Å². The Bertz CT molecular complexity index is 1050. The summed E-state index contributed by atoms with van der Waals surface area (Å²) in [6.45, 7) is 5.91. The van der Waals surface area contributed by atoms with Crippen molar-refractivity contribution in [2.75, 3.05) is 63.7 Å². The number of anilines is 2. The van der Waals surface area contributed by atoms with Crippen LogP contribution in [0, 0.1) is 0 Å². The number of carbonyl (C=O) groups is 2. The van der Waals surface area contributed by atoms with Crippen molar-refractivity contribution < 1.29 is 19.1 Å². The fourth-order valence-electron chi connectivity index (χ4n) is 5.23. The molecule has 3 N–H and O–H groups in total. The predicted octanol–water partition coefficient (Wildman–Crippen LogP) is 4.70. The molecule has 0 atom stereocenters. The number of benzene rings is 2. The van der Waals surface area contributed by atoms with Gasteiger partial charge >= 0.3 is 6.03 Å². The maximum absolute atomic E-state index is 12.5. The van der Waals surface area contributed by atoms with Gasteiger partial charge in [-0.15, -0.1) is 0 Å². The first kappa shape index (κ1) is 29.8. The molecule has 0 bridgehead atoms. The molecular formula is C31H45N5O4. The molecule has 0 aromatic heterocycles. The average molecular weight is 552 g/mol. The number of amides is 3. The fourth-order valence-corrected chi connectivity index (χ4v) is 5.23.